The van der Waals surface area contributed by atoms with Gasteiger partial charge in [-0.15, -0.1) is 0 Å². The van der Waals surface area contributed by atoms with Gasteiger partial charge in [0.2, 0.25) is 0 Å². The van der Waals surface area contributed by atoms with E-state index in [4.69, 9.17) is 0 Å². The maximum absolute atomic E-state index is 3.48. The Kier molecular flexibility index (Phi) is 5.73. The Balaban J connectivity index is 1.25. The molecule has 0 aliphatic heterocycles. The van der Waals surface area contributed by atoms with E-state index in [2.05, 4.69) is 118 Å². The normalized spacial score (nSPS) is 15.1. The van der Waals surface area contributed by atoms with Gasteiger partial charge in [-0.25, -0.2) is 0 Å². The second-order valence-electron chi connectivity index (χ2n) is 8.06. The molecule has 1 unspecified atom stereocenters. The predicted molar refractivity (Wildman–Crippen MR) is 135 cm³/mol. The molecule has 0 aromatic heterocycles. The molecule has 4 aromatic rings. The topological polar surface area (TPSA) is 12.0 Å². The van der Waals surface area contributed by atoms with E-state index in [1.807, 2.05) is 12.1 Å². The summed E-state index contributed by atoms with van der Waals surface area (Å²) in [6.45, 7) is 0. The third-order valence-corrected chi connectivity index (χ3v) is 6.51. The van der Waals surface area contributed by atoms with Crippen molar-refractivity contribution in [3.63, 3.8) is 0 Å². The molecule has 0 saturated heterocycles. The number of anilines is 2. The van der Waals surface area contributed by atoms with Crippen LogP contribution in [0.25, 0.3) is 11.1 Å². The van der Waals surface area contributed by atoms with E-state index in [9.17, 15) is 0 Å². The zero-order chi connectivity index (χ0) is 21.0. The summed E-state index contributed by atoms with van der Waals surface area (Å²) in [5, 5.41) is 3.45. The maximum Gasteiger partial charge on any atom is 0.0384 e. The van der Waals surface area contributed by atoms with E-state index in [1.54, 1.807) is 5.57 Å². The first-order valence-electron chi connectivity index (χ1n) is 10.7. The minimum absolute atomic E-state index is 0.562. The predicted octanol–water partition coefficient (Wildman–Crippen LogP) is 8.52. The number of hydrogen-bond acceptors (Lipinski definition) is 1. The minimum Gasteiger partial charge on any atom is -0.356 e. The van der Waals surface area contributed by atoms with Crippen LogP contribution in [0, 0.1) is 0 Å². The summed E-state index contributed by atoms with van der Waals surface area (Å²) in [4.78, 5) is 0. The van der Waals surface area contributed by atoms with Crippen LogP contribution in [-0.2, 0) is 6.42 Å². The highest BCUT2D eigenvalue weighted by molar-refractivity contribution is 9.10. The monoisotopic (exact) mass is 465 g/mol. The lowest BCUT2D eigenvalue weighted by Crippen LogP contribution is -2.12. The van der Waals surface area contributed by atoms with E-state index in [0.717, 1.165) is 28.7 Å². The minimum atomic E-state index is 0.562. The molecule has 1 nitrogen and oxygen atoms in total. The average molecular weight is 466 g/mol. The third-order valence-electron chi connectivity index (χ3n) is 5.98. The largest absolute Gasteiger partial charge is 0.356 e. The van der Waals surface area contributed by atoms with Crippen molar-refractivity contribution in [1.29, 1.82) is 0 Å². The van der Waals surface area contributed by atoms with Crippen molar-refractivity contribution in [2.75, 3.05) is 5.32 Å². The fraction of sp³-hybridized carbons (Fsp3) is 0.103. The molecule has 0 fully saturated rings. The summed E-state index contributed by atoms with van der Waals surface area (Å²) in [6.07, 6.45) is 4.60. The van der Waals surface area contributed by atoms with Gasteiger partial charge in [-0.05, 0) is 71.5 Å². The second-order valence-corrected chi connectivity index (χ2v) is 8.98. The van der Waals surface area contributed by atoms with Crippen molar-refractivity contribution < 1.29 is 0 Å². The second kappa shape index (κ2) is 8.95. The van der Waals surface area contributed by atoms with Gasteiger partial charge in [0.15, 0.2) is 0 Å². The molecule has 0 bridgehead atoms. The number of hydrogen-bond donors (Lipinski definition) is 1. The van der Waals surface area contributed by atoms with Gasteiger partial charge in [0.05, 0.1) is 0 Å². The molecule has 1 atom stereocenters. The van der Waals surface area contributed by atoms with Crippen molar-refractivity contribution in [1.82, 2.24) is 0 Å². The average Bonchev–Trinajstić information content (AvgIpc) is 2.80. The quantitative estimate of drug-likeness (QED) is 0.281. The molecule has 4 aromatic carbocycles. The molecule has 2 heteroatoms. The summed E-state index contributed by atoms with van der Waals surface area (Å²) in [7, 11) is 0. The lowest BCUT2D eigenvalue weighted by Gasteiger charge is -2.28. The highest BCUT2D eigenvalue weighted by atomic mass is 79.9. The van der Waals surface area contributed by atoms with E-state index in [1.165, 1.54) is 22.3 Å². The Morgan fingerprint density at radius 1 is 0.677 bits per heavy atom. The molecule has 31 heavy (non-hydrogen) atoms. The fourth-order valence-corrected chi connectivity index (χ4v) is 4.40. The summed E-state index contributed by atoms with van der Waals surface area (Å²) >= 11 is 3.48. The molecule has 1 aliphatic carbocycles. The van der Waals surface area contributed by atoms with Crippen LogP contribution in [0.3, 0.4) is 0 Å². The Morgan fingerprint density at radius 3 is 1.84 bits per heavy atom. The van der Waals surface area contributed by atoms with Crippen LogP contribution in [0.1, 0.15) is 23.5 Å². The van der Waals surface area contributed by atoms with Gasteiger partial charge in [0.25, 0.3) is 0 Å². The van der Waals surface area contributed by atoms with E-state index >= 15 is 0 Å². The van der Waals surface area contributed by atoms with Crippen LogP contribution in [0.5, 0.6) is 0 Å². The van der Waals surface area contributed by atoms with Gasteiger partial charge in [-0.1, -0.05) is 94.3 Å². The fourth-order valence-electron chi connectivity index (χ4n) is 4.13. The van der Waals surface area contributed by atoms with Gasteiger partial charge < -0.3 is 5.32 Å². The first-order valence-corrected chi connectivity index (χ1v) is 11.5. The number of rotatable bonds is 6. The molecule has 0 saturated carbocycles. The molecule has 152 valence electrons. The first kappa shape index (κ1) is 19.8. The van der Waals surface area contributed by atoms with Crippen LogP contribution in [0.4, 0.5) is 11.4 Å². The van der Waals surface area contributed by atoms with Crippen molar-refractivity contribution in [3.8, 4) is 11.1 Å². The zero-order valence-electron chi connectivity index (χ0n) is 17.3. The molecule has 0 amide bonds. The van der Waals surface area contributed by atoms with Gasteiger partial charge in [0.1, 0.15) is 0 Å². The molecule has 1 aliphatic rings. The number of halogens is 1. The highest BCUT2D eigenvalue weighted by Gasteiger charge is 2.23. The summed E-state index contributed by atoms with van der Waals surface area (Å²) < 4.78 is 1.08. The highest BCUT2D eigenvalue weighted by Crippen LogP contribution is 2.39. The van der Waals surface area contributed by atoms with Gasteiger partial charge in [0, 0.05) is 21.8 Å². The van der Waals surface area contributed by atoms with Gasteiger partial charge in [-0.3, -0.25) is 0 Å². The lowest BCUT2D eigenvalue weighted by atomic mass is 9.76. The van der Waals surface area contributed by atoms with Crippen molar-refractivity contribution >= 4 is 27.3 Å². The zero-order valence-corrected chi connectivity index (χ0v) is 18.8. The van der Waals surface area contributed by atoms with Crippen molar-refractivity contribution in [2.45, 2.75) is 18.8 Å². The molecule has 0 spiro atoms. The van der Waals surface area contributed by atoms with Crippen molar-refractivity contribution in [3.05, 3.63) is 130 Å². The van der Waals surface area contributed by atoms with Crippen LogP contribution in [-0.4, -0.2) is 0 Å². The number of allylic oxidation sites excluding steroid dienone is 2. The molecule has 1 N–H and O–H groups in total. The number of benzene rings is 4. The van der Waals surface area contributed by atoms with Crippen LogP contribution in [0.15, 0.2) is 119 Å². The SMILES string of the molecule is Brc1ccc(Nc2ccc(-c3ccc(C4CC=C4Cc4ccccc4)cc3)cc2)cc1. The summed E-state index contributed by atoms with van der Waals surface area (Å²) in [5.41, 5.74) is 9.03. The standard InChI is InChI=1S/C29H24BrN/c30-26-13-17-28(18-14-26)31-27-15-10-23(11-16-27)22-6-8-24(9-7-22)29-19-12-25(29)20-21-4-2-1-3-5-21/h1-18,29,31H,19-20H2. The van der Waals surface area contributed by atoms with Gasteiger partial charge in [-0.2, -0.15) is 0 Å². The molecule has 0 radical (unpaired) electrons. The Morgan fingerprint density at radius 2 is 1.26 bits per heavy atom. The molecule has 0 heterocycles. The Hall–Kier alpha value is -3.10. The summed E-state index contributed by atoms with van der Waals surface area (Å²) in [6, 6.07) is 36.7. The molecular formula is C29H24BrN. The van der Waals surface area contributed by atoms with Gasteiger partial charge >= 0.3 is 0 Å². The van der Waals surface area contributed by atoms with Crippen LogP contribution >= 0.6 is 15.9 Å². The molecular weight excluding hydrogens is 442 g/mol. The Bertz CT molecular complexity index is 1170. The molecule has 5 rings (SSSR count). The maximum atomic E-state index is 3.48. The Labute approximate surface area is 192 Å². The third kappa shape index (κ3) is 4.65. The first-order chi connectivity index (χ1) is 15.2. The van der Waals surface area contributed by atoms with Crippen LogP contribution < -0.4 is 5.32 Å². The van der Waals surface area contributed by atoms with Crippen molar-refractivity contribution in [2.24, 2.45) is 0 Å². The summed E-state index contributed by atoms with van der Waals surface area (Å²) in [5.74, 6) is 0.562. The smallest absolute Gasteiger partial charge is 0.0384 e. The van der Waals surface area contributed by atoms with Crippen LogP contribution in [0.2, 0.25) is 0 Å². The number of nitrogens with one attached hydrogen (secondary N) is 1. The van der Waals surface area contributed by atoms with E-state index in [-0.39, 0.29) is 0 Å². The van der Waals surface area contributed by atoms with E-state index in [0.29, 0.717) is 5.92 Å². The van der Waals surface area contributed by atoms with E-state index < -0.39 is 0 Å². The lowest BCUT2D eigenvalue weighted by molar-refractivity contribution is 0.701.